The lowest BCUT2D eigenvalue weighted by Gasteiger charge is -2.31. The van der Waals surface area contributed by atoms with E-state index in [0.29, 0.717) is 11.8 Å². The third kappa shape index (κ3) is 3.05. The van der Waals surface area contributed by atoms with Gasteiger partial charge < -0.3 is 14.6 Å². The Hall–Kier alpha value is -1.92. The second-order valence-corrected chi connectivity index (χ2v) is 8.45. The fourth-order valence-corrected chi connectivity index (χ4v) is 4.98. The van der Waals surface area contributed by atoms with E-state index in [1.165, 1.54) is 42.5 Å². The van der Waals surface area contributed by atoms with Crippen LogP contribution in [0.3, 0.4) is 0 Å². The van der Waals surface area contributed by atoms with Crippen LogP contribution in [0.4, 0.5) is 0 Å². The predicted molar refractivity (Wildman–Crippen MR) is 106 cm³/mol. The SMILES string of the molecule is CN(C)C1CCC(c2cn3c(cnc4[nH]cc(C5CCOCC5)c43)n2)CC1. The maximum Gasteiger partial charge on any atom is 0.156 e. The fourth-order valence-electron chi connectivity index (χ4n) is 4.98. The summed E-state index contributed by atoms with van der Waals surface area (Å²) < 4.78 is 7.83. The molecule has 3 aromatic heterocycles. The average Bonchev–Trinajstić information content (AvgIpc) is 3.32. The summed E-state index contributed by atoms with van der Waals surface area (Å²) in [4.78, 5) is 15.4. The summed E-state index contributed by atoms with van der Waals surface area (Å²) in [5, 5.41) is 0. The van der Waals surface area contributed by atoms with Crippen LogP contribution in [0, 0.1) is 0 Å². The molecule has 4 heterocycles. The highest BCUT2D eigenvalue weighted by molar-refractivity contribution is 5.79. The zero-order valence-electron chi connectivity index (χ0n) is 16.3. The number of aromatic nitrogens is 4. The smallest absolute Gasteiger partial charge is 0.156 e. The van der Waals surface area contributed by atoms with Gasteiger partial charge in [0.25, 0.3) is 0 Å². The van der Waals surface area contributed by atoms with E-state index in [1.54, 1.807) is 0 Å². The number of rotatable bonds is 3. The number of nitrogens with one attached hydrogen (secondary N) is 1. The van der Waals surface area contributed by atoms with Gasteiger partial charge in [-0.2, -0.15) is 0 Å². The molecular formula is C21H29N5O. The molecule has 2 fully saturated rings. The van der Waals surface area contributed by atoms with Crippen LogP contribution in [0.15, 0.2) is 18.6 Å². The first kappa shape index (κ1) is 17.2. The Bertz CT molecular complexity index is 929. The van der Waals surface area contributed by atoms with Crippen LogP contribution in [-0.2, 0) is 4.74 Å². The van der Waals surface area contributed by atoms with Gasteiger partial charge in [-0.3, -0.25) is 4.40 Å². The van der Waals surface area contributed by atoms with E-state index >= 15 is 0 Å². The van der Waals surface area contributed by atoms with Gasteiger partial charge in [-0.05, 0) is 64.1 Å². The molecule has 1 saturated heterocycles. The number of fused-ring (bicyclic) bond motifs is 3. The Morgan fingerprint density at radius 3 is 2.59 bits per heavy atom. The largest absolute Gasteiger partial charge is 0.381 e. The minimum absolute atomic E-state index is 0.543. The lowest BCUT2D eigenvalue weighted by molar-refractivity contribution is 0.0856. The first-order chi connectivity index (χ1) is 13.2. The number of hydrogen-bond donors (Lipinski definition) is 1. The third-order valence-corrected chi connectivity index (χ3v) is 6.67. The molecule has 0 spiro atoms. The van der Waals surface area contributed by atoms with Crippen molar-refractivity contribution in [1.82, 2.24) is 24.3 Å². The van der Waals surface area contributed by atoms with Gasteiger partial charge >= 0.3 is 0 Å². The van der Waals surface area contributed by atoms with Crippen LogP contribution in [-0.4, -0.2) is 57.6 Å². The molecule has 0 bridgehead atoms. The fraction of sp³-hybridized carbons (Fsp3) is 0.619. The summed E-state index contributed by atoms with van der Waals surface area (Å²) in [6.45, 7) is 1.70. The van der Waals surface area contributed by atoms with Crippen molar-refractivity contribution in [2.45, 2.75) is 56.4 Å². The molecule has 5 rings (SSSR count). The summed E-state index contributed by atoms with van der Waals surface area (Å²) in [6.07, 6.45) is 13.5. The summed E-state index contributed by atoms with van der Waals surface area (Å²) in [5.74, 6) is 1.11. The third-order valence-electron chi connectivity index (χ3n) is 6.67. The van der Waals surface area contributed by atoms with Crippen LogP contribution in [0.25, 0.3) is 16.8 Å². The molecule has 0 aromatic carbocycles. The molecule has 1 N–H and O–H groups in total. The number of aromatic amines is 1. The molecule has 6 heteroatoms. The highest BCUT2D eigenvalue weighted by Crippen LogP contribution is 2.36. The molecule has 1 saturated carbocycles. The quantitative estimate of drug-likeness (QED) is 0.767. The molecule has 6 nitrogen and oxygen atoms in total. The second-order valence-electron chi connectivity index (χ2n) is 8.45. The Kier molecular flexibility index (Phi) is 4.40. The van der Waals surface area contributed by atoms with E-state index in [0.717, 1.165) is 43.4 Å². The standard InChI is InChI=1S/C21H29N5O/c1-25(2)16-5-3-15(4-6-16)18-13-26-19(24-18)12-23-21-20(26)17(11-22-21)14-7-9-27-10-8-14/h11-16,22H,3-10H2,1-2H3. The lowest BCUT2D eigenvalue weighted by atomic mass is 9.84. The van der Waals surface area contributed by atoms with E-state index < -0.39 is 0 Å². The predicted octanol–water partition coefficient (Wildman–Crippen LogP) is 3.69. The van der Waals surface area contributed by atoms with E-state index in [-0.39, 0.29) is 0 Å². The van der Waals surface area contributed by atoms with Crippen LogP contribution >= 0.6 is 0 Å². The van der Waals surface area contributed by atoms with Crippen LogP contribution in [0.5, 0.6) is 0 Å². The van der Waals surface area contributed by atoms with Crippen molar-refractivity contribution < 1.29 is 4.74 Å². The minimum atomic E-state index is 0.543. The van der Waals surface area contributed by atoms with Crippen molar-refractivity contribution in [3.05, 3.63) is 29.8 Å². The number of H-pyrrole nitrogens is 1. The van der Waals surface area contributed by atoms with Crippen LogP contribution in [0.1, 0.15) is 61.6 Å². The molecule has 27 heavy (non-hydrogen) atoms. The molecule has 2 aliphatic rings. The van der Waals surface area contributed by atoms with Gasteiger partial charge in [0.1, 0.15) is 0 Å². The molecular weight excluding hydrogens is 338 g/mol. The van der Waals surface area contributed by atoms with Gasteiger partial charge in [-0.1, -0.05) is 0 Å². The van der Waals surface area contributed by atoms with E-state index in [9.17, 15) is 0 Å². The highest BCUT2D eigenvalue weighted by Gasteiger charge is 2.26. The zero-order valence-corrected chi connectivity index (χ0v) is 16.3. The Morgan fingerprint density at radius 1 is 1.07 bits per heavy atom. The normalized spacial score (nSPS) is 25.0. The monoisotopic (exact) mass is 367 g/mol. The molecule has 1 aliphatic carbocycles. The van der Waals surface area contributed by atoms with Gasteiger partial charge in [-0.25, -0.2) is 9.97 Å². The topological polar surface area (TPSA) is 58.5 Å². The van der Waals surface area contributed by atoms with Crippen molar-refractivity contribution >= 4 is 16.8 Å². The summed E-state index contributed by atoms with van der Waals surface area (Å²) >= 11 is 0. The second kappa shape index (κ2) is 6.91. The highest BCUT2D eigenvalue weighted by atomic mass is 16.5. The van der Waals surface area contributed by atoms with E-state index in [4.69, 9.17) is 9.72 Å². The Morgan fingerprint density at radius 2 is 1.85 bits per heavy atom. The molecule has 1 aliphatic heterocycles. The molecule has 0 radical (unpaired) electrons. The molecule has 0 atom stereocenters. The summed E-state index contributed by atoms with van der Waals surface area (Å²) in [5.41, 5.74) is 5.75. The van der Waals surface area contributed by atoms with E-state index in [1.807, 2.05) is 6.20 Å². The molecule has 0 amide bonds. The molecule has 144 valence electrons. The van der Waals surface area contributed by atoms with Crippen molar-refractivity contribution in [2.75, 3.05) is 27.3 Å². The zero-order chi connectivity index (χ0) is 18.4. The number of imidazole rings is 1. The van der Waals surface area contributed by atoms with Gasteiger partial charge in [0.05, 0.1) is 17.4 Å². The van der Waals surface area contributed by atoms with E-state index in [2.05, 4.69) is 45.8 Å². The Balaban J connectivity index is 1.50. The average molecular weight is 367 g/mol. The number of hydrogen-bond acceptors (Lipinski definition) is 4. The number of ether oxygens (including phenoxy) is 1. The Labute approximate surface area is 159 Å². The maximum atomic E-state index is 5.56. The van der Waals surface area contributed by atoms with Gasteiger partial charge in [0, 0.05) is 37.6 Å². The van der Waals surface area contributed by atoms with Crippen molar-refractivity contribution in [2.24, 2.45) is 0 Å². The number of nitrogens with zero attached hydrogens (tertiary/aromatic N) is 4. The van der Waals surface area contributed by atoms with Gasteiger partial charge in [-0.15, -0.1) is 0 Å². The van der Waals surface area contributed by atoms with Crippen LogP contribution < -0.4 is 0 Å². The maximum absolute atomic E-state index is 5.56. The molecule has 3 aromatic rings. The summed E-state index contributed by atoms with van der Waals surface area (Å²) in [7, 11) is 4.39. The summed E-state index contributed by atoms with van der Waals surface area (Å²) in [6, 6.07) is 0.719. The molecule has 0 unspecified atom stereocenters. The van der Waals surface area contributed by atoms with Crippen LogP contribution in [0.2, 0.25) is 0 Å². The lowest BCUT2D eigenvalue weighted by Crippen LogP contribution is -2.31. The van der Waals surface area contributed by atoms with Crippen molar-refractivity contribution in [1.29, 1.82) is 0 Å². The minimum Gasteiger partial charge on any atom is -0.381 e. The van der Waals surface area contributed by atoms with Crippen molar-refractivity contribution in [3.63, 3.8) is 0 Å². The van der Waals surface area contributed by atoms with Gasteiger partial charge in [0.2, 0.25) is 0 Å². The first-order valence-electron chi connectivity index (χ1n) is 10.3. The van der Waals surface area contributed by atoms with Crippen molar-refractivity contribution in [3.8, 4) is 0 Å². The van der Waals surface area contributed by atoms with Gasteiger partial charge in [0.15, 0.2) is 11.3 Å². The first-order valence-corrected chi connectivity index (χ1v) is 10.3.